The van der Waals surface area contributed by atoms with Crippen molar-refractivity contribution in [3.8, 4) is 34.5 Å². The van der Waals surface area contributed by atoms with Gasteiger partial charge in [-0.05, 0) is 47.5 Å². The minimum atomic E-state index is -1.16. The van der Waals surface area contributed by atoms with Crippen molar-refractivity contribution >= 4 is 110 Å². The molecule has 2 heterocycles. The molecule has 4 rings (SSSR count). The largest absolute Gasteiger partial charge is 0.493 e. The number of methoxy groups -OCH3 is 4. The Morgan fingerprint density at radius 3 is 1.09 bits per heavy atom. The predicted molar refractivity (Wildman–Crippen MR) is 210 cm³/mol. The van der Waals surface area contributed by atoms with E-state index in [-0.39, 0.29) is 52.9 Å². The Balaban J connectivity index is 0.000000353. The summed E-state index contributed by atoms with van der Waals surface area (Å²) in [5, 5.41) is 25.2. The fraction of sp³-hybridized carbons (Fsp3) is 0.265. The Hall–Kier alpha value is -5.71. The van der Waals surface area contributed by atoms with Crippen LogP contribution in [-0.4, -0.2) is 117 Å². The molecule has 0 bridgehead atoms. The van der Waals surface area contributed by atoms with Gasteiger partial charge in [0.2, 0.25) is 11.5 Å². The molecule has 300 valence electrons. The Morgan fingerprint density at radius 1 is 0.607 bits per heavy atom. The van der Waals surface area contributed by atoms with Crippen molar-refractivity contribution in [1.29, 1.82) is 0 Å². The summed E-state index contributed by atoms with van der Waals surface area (Å²) in [6.45, 7) is 2.58. The molecule has 56 heavy (non-hydrogen) atoms. The van der Waals surface area contributed by atoms with Gasteiger partial charge in [-0.25, -0.2) is 0 Å². The minimum absolute atomic E-state index is 0.123. The zero-order chi connectivity index (χ0) is 42.4. The molecular weight excluding hydrogens is 821 g/mol. The Kier molecular flexibility index (Phi) is 17.7. The third kappa shape index (κ3) is 13.2. The predicted octanol–water partition coefficient (Wildman–Crippen LogP) is 3.92. The summed E-state index contributed by atoms with van der Waals surface area (Å²) in [5.74, 6) is -4.00. The maximum atomic E-state index is 12.3. The quantitative estimate of drug-likeness (QED) is 0.119. The third-order valence-electron chi connectivity index (χ3n) is 6.39. The summed E-state index contributed by atoms with van der Waals surface area (Å²) in [6.07, 6.45) is 3.06. The van der Waals surface area contributed by atoms with E-state index >= 15 is 0 Å². The van der Waals surface area contributed by atoms with Crippen molar-refractivity contribution < 1.29 is 77.3 Å². The van der Waals surface area contributed by atoms with Gasteiger partial charge < -0.3 is 43.7 Å². The lowest BCUT2D eigenvalue weighted by Crippen LogP contribution is -2.33. The SMILES string of the molecule is CC(=O)O.COc1cc(/C=C2/SC(=S)N(CC(=O)O)C2=O)cc(OC)c1OC(C)=O.COc1cc(/C=C2/SC(=S)N(CC(=O)O)C2=O)cc(OC)c1OC(C)=O. The molecule has 2 saturated heterocycles. The normalized spacial score (nSPS) is 14.7. The van der Waals surface area contributed by atoms with Crippen LogP contribution in [-0.2, 0) is 33.6 Å². The highest BCUT2D eigenvalue weighted by Gasteiger charge is 2.34. The number of aliphatic carboxylic acids is 3. The van der Waals surface area contributed by atoms with Gasteiger partial charge in [-0.1, -0.05) is 48.0 Å². The Morgan fingerprint density at radius 2 is 0.875 bits per heavy atom. The number of hydrogen-bond donors (Lipinski definition) is 3. The second kappa shape index (κ2) is 21.4. The Bertz CT molecular complexity index is 1820. The zero-order valence-corrected chi connectivity index (χ0v) is 33.8. The second-order valence-corrected chi connectivity index (χ2v) is 13.9. The standard InChI is InChI=1S/2C16H15NO7S2.C2H4O2/c2*1-8(18)24-14-10(22-2)4-9(5-11(14)23-3)6-12-15(21)17(7-13(19)20)16(25)26-12;1-2(3)4/h2*4-6H,7H2,1-3H3,(H,19,20);1H3,(H,3,4)/b2*12-6+;. The van der Waals surface area contributed by atoms with Crippen LogP contribution in [0.4, 0.5) is 0 Å². The number of thiocarbonyl (C=S) groups is 2. The molecule has 2 fully saturated rings. The summed E-state index contributed by atoms with van der Waals surface area (Å²) in [7, 11) is 5.60. The van der Waals surface area contributed by atoms with Crippen LogP contribution in [0.5, 0.6) is 34.5 Å². The maximum absolute atomic E-state index is 12.3. The van der Waals surface area contributed by atoms with Crippen molar-refractivity contribution in [2.45, 2.75) is 20.8 Å². The first-order valence-electron chi connectivity index (χ1n) is 15.3. The number of ether oxygens (including phenoxy) is 6. The monoisotopic (exact) mass is 854 g/mol. The van der Waals surface area contributed by atoms with Crippen LogP contribution >= 0.6 is 48.0 Å². The number of esters is 2. The minimum Gasteiger partial charge on any atom is -0.493 e. The molecule has 0 aliphatic carbocycles. The highest BCUT2D eigenvalue weighted by molar-refractivity contribution is 8.27. The van der Waals surface area contributed by atoms with E-state index in [1.807, 2.05) is 0 Å². The van der Waals surface area contributed by atoms with Gasteiger partial charge in [-0.2, -0.15) is 0 Å². The van der Waals surface area contributed by atoms with Crippen molar-refractivity contribution in [3.05, 3.63) is 45.2 Å². The van der Waals surface area contributed by atoms with E-state index in [2.05, 4.69) is 0 Å². The number of amides is 2. The first-order valence-corrected chi connectivity index (χ1v) is 17.7. The van der Waals surface area contributed by atoms with Crippen molar-refractivity contribution in [3.63, 3.8) is 0 Å². The number of carboxylic acids is 3. The summed E-state index contributed by atoms with van der Waals surface area (Å²) in [6, 6.07) is 6.24. The second-order valence-electron chi connectivity index (χ2n) is 10.5. The van der Waals surface area contributed by atoms with Crippen LogP contribution in [0.15, 0.2) is 34.1 Å². The number of carboxylic acid groups (broad SMARTS) is 3. The van der Waals surface area contributed by atoms with E-state index in [9.17, 15) is 28.8 Å². The molecule has 2 amide bonds. The van der Waals surface area contributed by atoms with Crippen LogP contribution in [0.3, 0.4) is 0 Å². The van der Waals surface area contributed by atoms with E-state index in [0.717, 1.165) is 40.2 Å². The summed E-state index contributed by atoms with van der Waals surface area (Å²) in [4.78, 5) is 80.4. The zero-order valence-electron chi connectivity index (χ0n) is 30.6. The summed E-state index contributed by atoms with van der Waals surface area (Å²) in [5.41, 5.74) is 1.07. The summed E-state index contributed by atoms with van der Waals surface area (Å²) < 4.78 is 31.4. The lowest BCUT2D eigenvalue weighted by Gasteiger charge is -2.13. The first kappa shape index (κ1) is 46.4. The number of carbonyl (C=O) groups is 7. The van der Waals surface area contributed by atoms with Gasteiger partial charge in [0.1, 0.15) is 21.7 Å². The van der Waals surface area contributed by atoms with Gasteiger partial charge >= 0.3 is 23.9 Å². The molecule has 18 nitrogen and oxygen atoms in total. The van der Waals surface area contributed by atoms with Gasteiger partial charge in [-0.15, -0.1) is 0 Å². The van der Waals surface area contributed by atoms with E-state index in [4.69, 9.17) is 73.0 Å². The van der Waals surface area contributed by atoms with Crippen LogP contribution in [0, 0.1) is 0 Å². The molecule has 2 aromatic carbocycles. The van der Waals surface area contributed by atoms with Crippen LogP contribution in [0.25, 0.3) is 12.2 Å². The Labute approximate surface area is 338 Å². The molecule has 22 heteroatoms. The number of hydrogen-bond acceptors (Lipinski definition) is 17. The third-order valence-corrected chi connectivity index (χ3v) is 9.14. The first-order chi connectivity index (χ1) is 26.3. The lowest BCUT2D eigenvalue weighted by molar-refractivity contribution is -0.140. The number of carbonyl (C=O) groups excluding carboxylic acids is 4. The maximum Gasteiger partial charge on any atom is 0.323 e. The fourth-order valence-corrected chi connectivity index (χ4v) is 6.81. The molecule has 0 saturated carbocycles. The molecule has 0 atom stereocenters. The molecule has 2 aliphatic heterocycles. The van der Waals surface area contributed by atoms with Gasteiger partial charge in [0.15, 0.2) is 23.0 Å². The lowest BCUT2D eigenvalue weighted by atomic mass is 10.1. The fourth-order valence-electron chi connectivity index (χ4n) is 4.30. The molecule has 2 aliphatic rings. The van der Waals surface area contributed by atoms with Crippen LogP contribution < -0.4 is 28.4 Å². The van der Waals surface area contributed by atoms with Gasteiger partial charge in [-0.3, -0.25) is 43.4 Å². The average Bonchev–Trinajstić information content (AvgIpc) is 3.51. The number of rotatable bonds is 12. The number of nitrogens with zero attached hydrogens (tertiary/aromatic N) is 2. The van der Waals surface area contributed by atoms with E-state index in [1.54, 1.807) is 24.3 Å². The van der Waals surface area contributed by atoms with Crippen LogP contribution in [0.1, 0.15) is 31.9 Å². The van der Waals surface area contributed by atoms with Crippen molar-refractivity contribution in [2.24, 2.45) is 0 Å². The molecule has 0 unspecified atom stereocenters. The van der Waals surface area contributed by atoms with E-state index in [0.29, 0.717) is 11.1 Å². The molecule has 2 aromatic rings. The number of benzene rings is 2. The smallest absolute Gasteiger partial charge is 0.323 e. The molecule has 0 aromatic heterocycles. The van der Waals surface area contributed by atoms with Crippen molar-refractivity contribution in [1.82, 2.24) is 9.80 Å². The number of thioether (sulfide) groups is 2. The van der Waals surface area contributed by atoms with Crippen LogP contribution in [0.2, 0.25) is 0 Å². The molecule has 0 spiro atoms. The van der Waals surface area contributed by atoms with Gasteiger partial charge in [0.05, 0.1) is 38.2 Å². The van der Waals surface area contributed by atoms with Gasteiger partial charge in [0.25, 0.3) is 17.8 Å². The summed E-state index contributed by atoms with van der Waals surface area (Å²) >= 11 is 12.1. The van der Waals surface area contributed by atoms with E-state index < -0.39 is 54.8 Å². The topological polar surface area (TPSA) is 242 Å². The van der Waals surface area contributed by atoms with Crippen molar-refractivity contribution in [2.75, 3.05) is 41.5 Å². The highest BCUT2D eigenvalue weighted by atomic mass is 32.2. The van der Waals surface area contributed by atoms with Gasteiger partial charge in [0, 0.05) is 20.8 Å². The highest BCUT2D eigenvalue weighted by Crippen LogP contribution is 2.42. The average molecular weight is 855 g/mol. The molecule has 0 radical (unpaired) electrons. The van der Waals surface area contributed by atoms with E-state index in [1.165, 1.54) is 54.4 Å². The molecular formula is C34H34N2O16S4. The molecule has 3 N–H and O–H groups in total.